The van der Waals surface area contributed by atoms with Crippen LogP contribution in [0.2, 0.25) is 0 Å². The van der Waals surface area contributed by atoms with Crippen LogP contribution < -0.4 is 4.90 Å². The van der Waals surface area contributed by atoms with Crippen molar-refractivity contribution in [1.29, 1.82) is 0 Å². The van der Waals surface area contributed by atoms with E-state index in [-0.39, 0.29) is 5.92 Å². The van der Waals surface area contributed by atoms with E-state index in [1.807, 2.05) is 36.1 Å². The van der Waals surface area contributed by atoms with E-state index in [0.29, 0.717) is 0 Å². The highest BCUT2D eigenvalue weighted by molar-refractivity contribution is 5.93. The molecule has 5 heteroatoms. The van der Waals surface area contributed by atoms with E-state index >= 15 is 0 Å². The Morgan fingerprint density at radius 1 is 1.42 bits per heavy atom. The van der Waals surface area contributed by atoms with Crippen molar-refractivity contribution in [2.24, 2.45) is 5.92 Å². The Labute approximate surface area is 110 Å². The third-order valence-electron chi connectivity index (χ3n) is 3.79. The molecule has 0 spiro atoms. The lowest BCUT2D eigenvalue weighted by molar-refractivity contribution is -0.139. The van der Waals surface area contributed by atoms with Gasteiger partial charge in [-0.2, -0.15) is 10.2 Å². The molecule has 1 aliphatic rings. The molecular formula is C14H15N3O2. The van der Waals surface area contributed by atoms with Crippen LogP contribution in [0.1, 0.15) is 13.3 Å². The van der Waals surface area contributed by atoms with Gasteiger partial charge in [-0.25, -0.2) is 4.79 Å². The van der Waals surface area contributed by atoms with Gasteiger partial charge in [0.1, 0.15) is 6.04 Å². The molecule has 0 bridgehead atoms. The molecular weight excluding hydrogens is 242 g/mol. The fourth-order valence-electron chi connectivity index (χ4n) is 2.82. The molecule has 1 aromatic carbocycles. The second kappa shape index (κ2) is 4.50. The van der Waals surface area contributed by atoms with Gasteiger partial charge in [0.15, 0.2) is 0 Å². The number of carboxylic acid groups (broad SMARTS) is 1. The maximum Gasteiger partial charge on any atom is 0.326 e. The number of aromatic nitrogens is 2. The highest BCUT2D eigenvalue weighted by Crippen LogP contribution is 2.33. The van der Waals surface area contributed by atoms with Crippen LogP contribution in [0.5, 0.6) is 0 Å². The van der Waals surface area contributed by atoms with Gasteiger partial charge in [-0.3, -0.25) is 0 Å². The highest BCUT2D eigenvalue weighted by atomic mass is 16.4. The van der Waals surface area contributed by atoms with Crippen LogP contribution in [0.25, 0.3) is 10.9 Å². The van der Waals surface area contributed by atoms with Gasteiger partial charge in [0.2, 0.25) is 0 Å². The number of anilines is 1. The van der Waals surface area contributed by atoms with Gasteiger partial charge >= 0.3 is 5.97 Å². The Kier molecular flexibility index (Phi) is 2.81. The Balaban J connectivity index is 2.11. The van der Waals surface area contributed by atoms with Crippen LogP contribution >= 0.6 is 0 Å². The summed E-state index contributed by atoms with van der Waals surface area (Å²) < 4.78 is 0. The summed E-state index contributed by atoms with van der Waals surface area (Å²) in [6, 6.07) is 7.21. The Bertz CT molecular complexity index is 624. The Morgan fingerprint density at radius 3 is 3.00 bits per heavy atom. The Morgan fingerprint density at radius 2 is 2.21 bits per heavy atom. The molecule has 2 atom stereocenters. The second-order valence-electron chi connectivity index (χ2n) is 4.99. The van der Waals surface area contributed by atoms with E-state index < -0.39 is 12.0 Å². The van der Waals surface area contributed by atoms with Gasteiger partial charge < -0.3 is 10.0 Å². The zero-order valence-electron chi connectivity index (χ0n) is 10.7. The van der Waals surface area contributed by atoms with Gasteiger partial charge in [0.25, 0.3) is 0 Å². The number of benzene rings is 1. The fourth-order valence-corrected chi connectivity index (χ4v) is 2.82. The number of fused-ring (bicyclic) bond motifs is 1. The smallest absolute Gasteiger partial charge is 0.326 e. The van der Waals surface area contributed by atoms with Crippen molar-refractivity contribution in [3.8, 4) is 0 Å². The first-order valence-electron chi connectivity index (χ1n) is 6.38. The first-order valence-corrected chi connectivity index (χ1v) is 6.38. The van der Waals surface area contributed by atoms with E-state index in [1.54, 1.807) is 6.20 Å². The van der Waals surface area contributed by atoms with Crippen molar-refractivity contribution in [3.05, 3.63) is 30.5 Å². The number of nitrogens with zero attached hydrogens (tertiary/aromatic N) is 3. The van der Waals surface area contributed by atoms with Crippen molar-refractivity contribution in [2.45, 2.75) is 19.4 Å². The second-order valence-corrected chi connectivity index (χ2v) is 4.99. The number of aliphatic carboxylic acids is 1. The summed E-state index contributed by atoms with van der Waals surface area (Å²) in [7, 11) is 0. The van der Waals surface area contributed by atoms with Crippen LogP contribution in [0.4, 0.5) is 5.69 Å². The quantitative estimate of drug-likeness (QED) is 0.890. The van der Waals surface area contributed by atoms with Crippen molar-refractivity contribution in [1.82, 2.24) is 10.2 Å². The fraction of sp³-hybridized carbons (Fsp3) is 0.357. The average Bonchev–Trinajstić information content (AvgIpc) is 2.80. The van der Waals surface area contributed by atoms with Crippen molar-refractivity contribution >= 4 is 22.6 Å². The van der Waals surface area contributed by atoms with Crippen LogP contribution in [0.15, 0.2) is 30.5 Å². The molecule has 2 aromatic rings. The van der Waals surface area contributed by atoms with Gasteiger partial charge in [-0.15, -0.1) is 0 Å². The first kappa shape index (κ1) is 11.9. The van der Waals surface area contributed by atoms with Crippen molar-refractivity contribution < 1.29 is 9.90 Å². The predicted molar refractivity (Wildman–Crippen MR) is 72.1 cm³/mol. The van der Waals surface area contributed by atoms with Crippen LogP contribution in [0, 0.1) is 5.92 Å². The summed E-state index contributed by atoms with van der Waals surface area (Å²) in [5, 5.41) is 18.4. The lowest BCUT2D eigenvalue weighted by atomic mass is 10.0. The molecule has 1 N–H and O–H groups in total. The SMILES string of the molecule is CC1CCN(c2cnnc3ccccc23)C1C(=O)O. The molecule has 0 radical (unpaired) electrons. The third-order valence-corrected chi connectivity index (χ3v) is 3.79. The summed E-state index contributed by atoms with van der Waals surface area (Å²) in [6.45, 7) is 2.73. The highest BCUT2D eigenvalue weighted by Gasteiger charge is 2.37. The van der Waals surface area contributed by atoms with Crippen LogP contribution in [-0.2, 0) is 4.79 Å². The van der Waals surface area contributed by atoms with E-state index in [2.05, 4.69) is 10.2 Å². The summed E-state index contributed by atoms with van der Waals surface area (Å²) in [5.74, 6) is -0.629. The van der Waals surface area contributed by atoms with Gasteiger partial charge in [0, 0.05) is 11.9 Å². The molecule has 0 aliphatic carbocycles. The monoisotopic (exact) mass is 257 g/mol. The molecule has 5 nitrogen and oxygen atoms in total. The molecule has 0 saturated carbocycles. The van der Waals surface area contributed by atoms with Crippen molar-refractivity contribution in [3.63, 3.8) is 0 Å². The summed E-state index contributed by atoms with van der Waals surface area (Å²) >= 11 is 0. The molecule has 98 valence electrons. The summed E-state index contributed by atoms with van der Waals surface area (Å²) in [5.41, 5.74) is 1.66. The zero-order valence-corrected chi connectivity index (χ0v) is 10.7. The summed E-state index contributed by atoms with van der Waals surface area (Å²) in [6.07, 6.45) is 2.55. The molecule has 1 aliphatic heterocycles. The molecule has 3 rings (SSSR count). The minimum Gasteiger partial charge on any atom is -0.480 e. The van der Waals surface area contributed by atoms with Gasteiger partial charge in [-0.1, -0.05) is 25.1 Å². The number of hydrogen-bond donors (Lipinski definition) is 1. The maximum atomic E-state index is 11.5. The number of rotatable bonds is 2. The maximum absolute atomic E-state index is 11.5. The van der Waals surface area contributed by atoms with Gasteiger partial charge in [-0.05, 0) is 18.4 Å². The minimum atomic E-state index is -0.772. The molecule has 1 fully saturated rings. The minimum absolute atomic E-state index is 0.143. The lowest BCUT2D eigenvalue weighted by Crippen LogP contribution is -2.39. The van der Waals surface area contributed by atoms with E-state index in [0.717, 1.165) is 29.6 Å². The normalized spacial score (nSPS) is 22.9. The van der Waals surface area contributed by atoms with E-state index in [1.165, 1.54) is 0 Å². The molecule has 1 saturated heterocycles. The standard InChI is InChI=1S/C14H15N3O2/c1-9-6-7-17(13(9)14(18)19)12-8-15-16-11-5-3-2-4-10(11)12/h2-5,8-9,13H,6-7H2,1H3,(H,18,19). The topological polar surface area (TPSA) is 66.3 Å². The number of hydrogen-bond acceptors (Lipinski definition) is 4. The zero-order chi connectivity index (χ0) is 13.4. The molecule has 0 amide bonds. The van der Waals surface area contributed by atoms with Crippen molar-refractivity contribution in [2.75, 3.05) is 11.4 Å². The number of carbonyl (C=O) groups is 1. The third kappa shape index (κ3) is 1.91. The summed E-state index contributed by atoms with van der Waals surface area (Å²) in [4.78, 5) is 13.4. The predicted octanol–water partition coefficient (Wildman–Crippen LogP) is 1.93. The molecule has 1 aromatic heterocycles. The average molecular weight is 257 g/mol. The van der Waals surface area contributed by atoms with Gasteiger partial charge in [0.05, 0.1) is 17.4 Å². The van der Waals surface area contributed by atoms with Crippen LogP contribution in [-0.4, -0.2) is 33.9 Å². The Hall–Kier alpha value is -2.17. The van der Waals surface area contributed by atoms with Crippen LogP contribution in [0.3, 0.4) is 0 Å². The van der Waals surface area contributed by atoms with E-state index in [4.69, 9.17) is 0 Å². The largest absolute Gasteiger partial charge is 0.480 e. The number of carboxylic acids is 1. The molecule has 2 unspecified atom stereocenters. The van der Waals surface area contributed by atoms with E-state index in [9.17, 15) is 9.90 Å². The lowest BCUT2D eigenvalue weighted by Gasteiger charge is -2.26. The molecule has 19 heavy (non-hydrogen) atoms. The molecule has 2 heterocycles. The first-order chi connectivity index (χ1) is 9.18.